The van der Waals surface area contributed by atoms with Crippen LogP contribution in [0.1, 0.15) is 12.0 Å². The first kappa shape index (κ1) is 13.6. The van der Waals surface area contributed by atoms with Crippen LogP contribution in [-0.2, 0) is 11.3 Å². The number of primary amides is 1. The summed E-state index contributed by atoms with van der Waals surface area (Å²) in [6, 6.07) is 3.32. The Morgan fingerprint density at radius 1 is 1.47 bits per heavy atom. The third-order valence-electron chi connectivity index (χ3n) is 2.13. The number of hydrogen-bond acceptors (Lipinski definition) is 4. The number of amides is 1. The number of carbonyl (C=O) groups is 1. The molecule has 0 saturated carbocycles. The second-order valence-electron chi connectivity index (χ2n) is 3.37. The molecule has 0 spiro atoms. The number of halogens is 1. The van der Waals surface area contributed by atoms with Gasteiger partial charge in [-0.15, -0.1) is 0 Å². The van der Waals surface area contributed by atoms with E-state index in [1.165, 1.54) is 7.11 Å². The van der Waals surface area contributed by atoms with Gasteiger partial charge in [0.05, 0.1) is 20.1 Å². The number of benzene rings is 1. The summed E-state index contributed by atoms with van der Waals surface area (Å²) in [5.41, 5.74) is 11.3. The van der Waals surface area contributed by atoms with Crippen molar-refractivity contribution in [3.8, 4) is 11.5 Å². The van der Waals surface area contributed by atoms with Crippen molar-refractivity contribution in [3.63, 3.8) is 0 Å². The molecule has 0 aliphatic heterocycles. The SMILES string of the molecule is COc1cc(Cl)cc(CN)c1OCCC(N)=O. The van der Waals surface area contributed by atoms with Crippen molar-refractivity contribution in [1.82, 2.24) is 0 Å². The number of rotatable bonds is 6. The van der Waals surface area contributed by atoms with Gasteiger partial charge in [-0.2, -0.15) is 0 Å². The van der Waals surface area contributed by atoms with E-state index < -0.39 is 5.91 Å². The molecule has 94 valence electrons. The predicted molar refractivity (Wildman–Crippen MR) is 65.2 cm³/mol. The molecule has 1 aromatic carbocycles. The Bertz CT molecular complexity index is 385. The van der Waals surface area contributed by atoms with Crippen LogP contribution in [0, 0.1) is 0 Å². The summed E-state index contributed by atoms with van der Waals surface area (Å²) in [7, 11) is 1.51. The fourth-order valence-corrected chi connectivity index (χ4v) is 1.57. The number of nitrogens with two attached hydrogens (primary N) is 2. The highest BCUT2D eigenvalue weighted by molar-refractivity contribution is 6.30. The molecule has 0 bridgehead atoms. The van der Waals surface area contributed by atoms with Gasteiger partial charge in [0.2, 0.25) is 5.91 Å². The number of ether oxygens (including phenoxy) is 2. The molecule has 0 aliphatic carbocycles. The molecular weight excluding hydrogens is 244 g/mol. The minimum absolute atomic E-state index is 0.135. The molecule has 6 heteroatoms. The fourth-order valence-electron chi connectivity index (χ4n) is 1.34. The first-order valence-electron chi connectivity index (χ1n) is 5.06. The Kier molecular flexibility index (Phi) is 5.06. The van der Waals surface area contributed by atoms with Crippen molar-refractivity contribution in [2.45, 2.75) is 13.0 Å². The summed E-state index contributed by atoms with van der Waals surface area (Å²) in [6.07, 6.45) is 0.135. The zero-order valence-corrected chi connectivity index (χ0v) is 10.3. The zero-order valence-electron chi connectivity index (χ0n) is 9.53. The topological polar surface area (TPSA) is 87.6 Å². The van der Waals surface area contributed by atoms with E-state index in [0.717, 1.165) is 5.56 Å². The van der Waals surface area contributed by atoms with Crippen molar-refractivity contribution in [3.05, 3.63) is 22.7 Å². The molecule has 0 aromatic heterocycles. The molecule has 0 fully saturated rings. The Hall–Kier alpha value is -1.46. The van der Waals surface area contributed by atoms with E-state index in [1.807, 2.05) is 0 Å². The van der Waals surface area contributed by atoms with Crippen LogP contribution in [0.25, 0.3) is 0 Å². The lowest BCUT2D eigenvalue weighted by atomic mass is 10.2. The van der Waals surface area contributed by atoms with Crippen LogP contribution in [-0.4, -0.2) is 19.6 Å². The predicted octanol–water partition coefficient (Wildman–Crippen LogP) is 1.06. The molecule has 0 heterocycles. The Balaban J connectivity index is 2.90. The number of methoxy groups -OCH3 is 1. The van der Waals surface area contributed by atoms with Gasteiger partial charge in [-0.1, -0.05) is 11.6 Å². The second kappa shape index (κ2) is 6.32. The zero-order chi connectivity index (χ0) is 12.8. The Morgan fingerprint density at radius 3 is 2.71 bits per heavy atom. The van der Waals surface area contributed by atoms with E-state index in [-0.39, 0.29) is 19.6 Å². The molecule has 5 nitrogen and oxygen atoms in total. The Morgan fingerprint density at radius 2 is 2.18 bits per heavy atom. The van der Waals surface area contributed by atoms with E-state index in [2.05, 4.69) is 0 Å². The standard InChI is InChI=1S/C11H15ClN2O3/c1-16-9-5-8(12)4-7(6-13)11(9)17-3-2-10(14)15/h4-5H,2-3,6,13H2,1H3,(H2,14,15). The fraction of sp³-hybridized carbons (Fsp3) is 0.364. The maximum atomic E-state index is 10.6. The smallest absolute Gasteiger partial charge is 0.220 e. The number of carbonyl (C=O) groups excluding carboxylic acids is 1. The van der Waals surface area contributed by atoms with Crippen molar-refractivity contribution >= 4 is 17.5 Å². The summed E-state index contributed by atoms with van der Waals surface area (Å²) in [5.74, 6) is 0.565. The quantitative estimate of drug-likeness (QED) is 0.799. The van der Waals surface area contributed by atoms with Crippen molar-refractivity contribution in [2.24, 2.45) is 11.5 Å². The number of hydrogen-bond donors (Lipinski definition) is 2. The van der Waals surface area contributed by atoms with E-state index in [1.54, 1.807) is 12.1 Å². The molecule has 0 atom stereocenters. The highest BCUT2D eigenvalue weighted by atomic mass is 35.5. The summed E-state index contributed by atoms with van der Waals surface area (Å²) in [5, 5.41) is 0.518. The maximum absolute atomic E-state index is 10.6. The average molecular weight is 259 g/mol. The van der Waals surface area contributed by atoms with Gasteiger partial charge in [-0.25, -0.2) is 0 Å². The largest absolute Gasteiger partial charge is 0.493 e. The molecule has 0 saturated heterocycles. The molecule has 0 aliphatic rings. The third kappa shape index (κ3) is 3.80. The van der Waals surface area contributed by atoms with E-state index in [9.17, 15) is 4.79 Å². The highest BCUT2D eigenvalue weighted by Gasteiger charge is 2.12. The van der Waals surface area contributed by atoms with Crippen LogP contribution >= 0.6 is 11.6 Å². The second-order valence-corrected chi connectivity index (χ2v) is 3.80. The third-order valence-corrected chi connectivity index (χ3v) is 2.35. The lowest BCUT2D eigenvalue weighted by molar-refractivity contribution is -0.118. The summed E-state index contributed by atoms with van der Waals surface area (Å²) < 4.78 is 10.6. The summed E-state index contributed by atoms with van der Waals surface area (Å²) in [4.78, 5) is 10.6. The molecule has 0 radical (unpaired) electrons. The van der Waals surface area contributed by atoms with Crippen molar-refractivity contribution in [2.75, 3.05) is 13.7 Å². The summed E-state index contributed by atoms with van der Waals surface area (Å²) >= 11 is 5.90. The van der Waals surface area contributed by atoms with Crippen molar-refractivity contribution in [1.29, 1.82) is 0 Å². The molecule has 0 unspecified atom stereocenters. The lowest BCUT2D eigenvalue weighted by Gasteiger charge is -2.14. The lowest BCUT2D eigenvalue weighted by Crippen LogP contribution is -2.15. The van der Waals surface area contributed by atoms with Gasteiger partial charge in [0, 0.05) is 23.2 Å². The van der Waals surface area contributed by atoms with Gasteiger partial charge < -0.3 is 20.9 Å². The monoisotopic (exact) mass is 258 g/mol. The van der Waals surface area contributed by atoms with Gasteiger partial charge in [-0.3, -0.25) is 4.79 Å². The van der Waals surface area contributed by atoms with Gasteiger partial charge in [0.15, 0.2) is 11.5 Å². The normalized spacial score (nSPS) is 10.1. The van der Waals surface area contributed by atoms with E-state index in [4.69, 9.17) is 32.5 Å². The molecule has 1 rings (SSSR count). The highest BCUT2D eigenvalue weighted by Crippen LogP contribution is 2.34. The Labute approximate surface area is 105 Å². The molecule has 4 N–H and O–H groups in total. The van der Waals surface area contributed by atoms with E-state index in [0.29, 0.717) is 16.5 Å². The first-order valence-corrected chi connectivity index (χ1v) is 5.43. The van der Waals surface area contributed by atoms with Gasteiger partial charge in [0.25, 0.3) is 0 Å². The van der Waals surface area contributed by atoms with Crippen LogP contribution in [0.15, 0.2) is 12.1 Å². The van der Waals surface area contributed by atoms with Gasteiger partial charge in [-0.05, 0) is 6.07 Å². The molecule has 1 amide bonds. The van der Waals surface area contributed by atoms with Crippen LogP contribution in [0.5, 0.6) is 11.5 Å². The van der Waals surface area contributed by atoms with Crippen LogP contribution in [0.4, 0.5) is 0 Å². The average Bonchev–Trinajstić information content (AvgIpc) is 2.29. The molecule has 1 aromatic rings. The minimum atomic E-state index is -0.424. The van der Waals surface area contributed by atoms with Crippen LogP contribution in [0.2, 0.25) is 5.02 Å². The first-order chi connectivity index (χ1) is 8.08. The van der Waals surface area contributed by atoms with Crippen LogP contribution in [0.3, 0.4) is 0 Å². The molecular formula is C11H15ClN2O3. The van der Waals surface area contributed by atoms with Crippen LogP contribution < -0.4 is 20.9 Å². The van der Waals surface area contributed by atoms with Crippen molar-refractivity contribution < 1.29 is 14.3 Å². The minimum Gasteiger partial charge on any atom is -0.493 e. The van der Waals surface area contributed by atoms with E-state index >= 15 is 0 Å². The summed E-state index contributed by atoms with van der Waals surface area (Å²) in [6.45, 7) is 0.448. The molecule has 17 heavy (non-hydrogen) atoms. The maximum Gasteiger partial charge on any atom is 0.220 e. The van der Waals surface area contributed by atoms with Gasteiger partial charge >= 0.3 is 0 Å². The van der Waals surface area contributed by atoms with Gasteiger partial charge in [0.1, 0.15) is 0 Å².